The lowest BCUT2D eigenvalue weighted by Crippen LogP contribution is -2.37. The minimum Gasteiger partial charge on any atom is -0.353 e. The van der Waals surface area contributed by atoms with Crippen LogP contribution >= 0.6 is 15.9 Å². The number of hydrogen-bond acceptors (Lipinski definition) is 2. The number of halogens is 1. The van der Waals surface area contributed by atoms with Gasteiger partial charge in [-0.2, -0.15) is 0 Å². The molecule has 0 amide bonds. The summed E-state index contributed by atoms with van der Waals surface area (Å²) >= 11 is 3.71. The molecule has 13 heavy (non-hydrogen) atoms. The molecule has 0 aromatic heterocycles. The summed E-state index contributed by atoms with van der Waals surface area (Å²) in [5.41, 5.74) is 0. The number of ether oxygens (including phenoxy) is 2. The van der Waals surface area contributed by atoms with Gasteiger partial charge in [0, 0.05) is 10.9 Å². The Labute approximate surface area is 88.1 Å². The Bertz CT molecular complexity index is 162. The first-order valence-electron chi connectivity index (χ1n) is 5.21. The second kappa shape index (κ2) is 4.28. The van der Waals surface area contributed by atoms with Gasteiger partial charge in [-0.15, -0.1) is 0 Å². The molecule has 1 saturated heterocycles. The standard InChI is InChI=1S/C10H17BrO2/c11-10(5-3-6-10)8-13-9-4-1-2-7-12-9/h9H,1-8H2. The molecule has 1 saturated carbocycles. The van der Waals surface area contributed by atoms with Gasteiger partial charge in [-0.3, -0.25) is 0 Å². The van der Waals surface area contributed by atoms with Gasteiger partial charge in [0.05, 0.1) is 6.61 Å². The van der Waals surface area contributed by atoms with Gasteiger partial charge in [0.2, 0.25) is 0 Å². The topological polar surface area (TPSA) is 18.5 Å². The molecule has 0 aromatic rings. The third kappa shape index (κ3) is 2.67. The summed E-state index contributed by atoms with van der Waals surface area (Å²) in [6.45, 7) is 1.69. The molecule has 1 aliphatic heterocycles. The molecule has 2 rings (SSSR count). The number of rotatable bonds is 3. The van der Waals surface area contributed by atoms with E-state index in [0.717, 1.165) is 19.6 Å². The first-order chi connectivity index (χ1) is 6.29. The summed E-state index contributed by atoms with van der Waals surface area (Å²) in [4.78, 5) is 0. The Morgan fingerprint density at radius 1 is 1.31 bits per heavy atom. The summed E-state index contributed by atoms with van der Waals surface area (Å²) in [7, 11) is 0. The molecule has 0 radical (unpaired) electrons. The van der Waals surface area contributed by atoms with Crippen LogP contribution in [0.4, 0.5) is 0 Å². The Morgan fingerprint density at radius 2 is 2.15 bits per heavy atom. The van der Waals surface area contributed by atoms with Crippen LogP contribution in [0.1, 0.15) is 38.5 Å². The fraction of sp³-hybridized carbons (Fsp3) is 1.00. The van der Waals surface area contributed by atoms with E-state index in [0.29, 0.717) is 0 Å². The molecule has 0 N–H and O–H groups in total. The van der Waals surface area contributed by atoms with Crippen molar-refractivity contribution in [2.24, 2.45) is 0 Å². The molecule has 0 bridgehead atoms. The third-order valence-electron chi connectivity index (χ3n) is 2.92. The average molecular weight is 249 g/mol. The molecule has 2 fully saturated rings. The highest BCUT2D eigenvalue weighted by Gasteiger charge is 2.35. The second-order valence-corrected chi connectivity index (χ2v) is 5.79. The lowest BCUT2D eigenvalue weighted by Gasteiger charge is -2.37. The maximum Gasteiger partial charge on any atom is 0.157 e. The molecular weight excluding hydrogens is 232 g/mol. The van der Waals surface area contributed by atoms with Gasteiger partial charge >= 0.3 is 0 Å². The highest BCUT2D eigenvalue weighted by molar-refractivity contribution is 9.10. The van der Waals surface area contributed by atoms with E-state index in [4.69, 9.17) is 9.47 Å². The maximum atomic E-state index is 5.72. The van der Waals surface area contributed by atoms with Crippen molar-refractivity contribution >= 4 is 15.9 Å². The van der Waals surface area contributed by atoms with Crippen molar-refractivity contribution < 1.29 is 9.47 Å². The van der Waals surface area contributed by atoms with Crippen molar-refractivity contribution in [2.45, 2.75) is 49.1 Å². The van der Waals surface area contributed by atoms with Crippen molar-refractivity contribution in [3.63, 3.8) is 0 Å². The van der Waals surface area contributed by atoms with Crippen molar-refractivity contribution in [3.8, 4) is 0 Å². The SMILES string of the molecule is BrC1(COC2CCCCO2)CCC1. The van der Waals surface area contributed by atoms with Crippen LogP contribution in [0.5, 0.6) is 0 Å². The van der Waals surface area contributed by atoms with Crippen LogP contribution in [-0.2, 0) is 9.47 Å². The number of alkyl halides is 1. The van der Waals surface area contributed by atoms with E-state index < -0.39 is 0 Å². The van der Waals surface area contributed by atoms with Crippen LogP contribution in [0.25, 0.3) is 0 Å². The van der Waals surface area contributed by atoms with E-state index in [1.807, 2.05) is 0 Å². The van der Waals surface area contributed by atoms with Crippen molar-refractivity contribution in [3.05, 3.63) is 0 Å². The second-order valence-electron chi connectivity index (χ2n) is 4.11. The predicted molar refractivity (Wildman–Crippen MR) is 55.1 cm³/mol. The van der Waals surface area contributed by atoms with Crippen molar-refractivity contribution in [1.82, 2.24) is 0 Å². The molecule has 0 aromatic carbocycles. The van der Waals surface area contributed by atoms with Gasteiger partial charge in [-0.05, 0) is 32.1 Å². The zero-order valence-corrected chi connectivity index (χ0v) is 9.51. The summed E-state index contributed by atoms with van der Waals surface area (Å²) < 4.78 is 11.5. The summed E-state index contributed by atoms with van der Waals surface area (Å²) in [6, 6.07) is 0. The number of hydrogen-bond donors (Lipinski definition) is 0. The van der Waals surface area contributed by atoms with Crippen LogP contribution in [0.15, 0.2) is 0 Å². The summed E-state index contributed by atoms with van der Waals surface area (Å²) in [5.74, 6) is 0. The van der Waals surface area contributed by atoms with Gasteiger partial charge in [0.25, 0.3) is 0 Å². The van der Waals surface area contributed by atoms with E-state index in [9.17, 15) is 0 Å². The Morgan fingerprint density at radius 3 is 2.69 bits per heavy atom. The maximum absolute atomic E-state index is 5.72. The molecule has 2 nitrogen and oxygen atoms in total. The molecule has 2 aliphatic rings. The normalized spacial score (nSPS) is 32.5. The third-order valence-corrected chi connectivity index (χ3v) is 3.94. The molecule has 1 atom stereocenters. The van der Waals surface area contributed by atoms with E-state index in [1.165, 1.54) is 32.1 Å². The molecule has 1 aliphatic carbocycles. The van der Waals surface area contributed by atoms with Crippen LogP contribution < -0.4 is 0 Å². The first-order valence-corrected chi connectivity index (χ1v) is 6.00. The van der Waals surface area contributed by atoms with E-state index in [1.54, 1.807) is 0 Å². The largest absolute Gasteiger partial charge is 0.353 e. The smallest absolute Gasteiger partial charge is 0.157 e. The monoisotopic (exact) mass is 248 g/mol. The highest BCUT2D eigenvalue weighted by Crippen LogP contribution is 2.40. The van der Waals surface area contributed by atoms with Gasteiger partial charge in [-0.1, -0.05) is 22.4 Å². The van der Waals surface area contributed by atoms with Crippen LogP contribution in [0.2, 0.25) is 0 Å². The fourth-order valence-corrected chi connectivity index (χ4v) is 2.48. The zero-order chi connectivity index (χ0) is 9.15. The molecule has 1 heterocycles. The van der Waals surface area contributed by atoms with Gasteiger partial charge < -0.3 is 9.47 Å². The van der Waals surface area contributed by atoms with Gasteiger partial charge in [0.15, 0.2) is 6.29 Å². The average Bonchev–Trinajstić information content (AvgIpc) is 2.13. The predicted octanol–water partition coefficient (Wildman–Crippen LogP) is 2.85. The van der Waals surface area contributed by atoms with Crippen molar-refractivity contribution in [1.29, 1.82) is 0 Å². The van der Waals surface area contributed by atoms with Gasteiger partial charge in [0.1, 0.15) is 0 Å². The lowest BCUT2D eigenvalue weighted by atomic mass is 9.86. The first kappa shape index (κ1) is 9.94. The van der Waals surface area contributed by atoms with Crippen LogP contribution in [-0.4, -0.2) is 23.8 Å². The lowest BCUT2D eigenvalue weighted by molar-refractivity contribution is -0.168. The van der Waals surface area contributed by atoms with E-state index in [2.05, 4.69) is 15.9 Å². The minimum atomic E-state index is 0.0729. The molecule has 1 unspecified atom stereocenters. The molecule has 76 valence electrons. The highest BCUT2D eigenvalue weighted by atomic mass is 79.9. The quantitative estimate of drug-likeness (QED) is 0.716. The molecule has 3 heteroatoms. The van der Waals surface area contributed by atoms with Crippen LogP contribution in [0, 0.1) is 0 Å². The van der Waals surface area contributed by atoms with Crippen LogP contribution in [0.3, 0.4) is 0 Å². The summed E-state index contributed by atoms with van der Waals surface area (Å²) in [6.07, 6.45) is 7.42. The zero-order valence-electron chi connectivity index (χ0n) is 7.93. The minimum absolute atomic E-state index is 0.0729. The Kier molecular flexibility index (Phi) is 3.27. The molecule has 0 spiro atoms. The summed E-state index contributed by atoms with van der Waals surface area (Å²) in [5, 5.41) is 0. The Balaban J connectivity index is 1.66. The fourth-order valence-electron chi connectivity index (χ4n) is 1.79. The van der Waals surface area contributed by atoms with Gasteiger partial charge in [-0.25, -0.2) is 0 Å². The van der Waals surface area contributed by atoms with E-state index >= 15 is 0 Å². The van der Waals surface area contributed by atoms with Crippen molar-refractivity contribution in [2.75, 3.05) is 13.2 Å². The Hall–Kier alpha value is 0.400. The molecular formula is C10H17BrO2. The van der Waals surface area contributed by atoms with E-state index in [-0.39, 0.29) is 10.6 Å².